The average molecular weight is 499 g/mol. The maximum absolute atomic E-state index is 14.1. The minimum absolute atomic E-state index is 0.0388. The number of nitrogens with zero attached hydrogens (tertiary/aromatic N) is 2. The molecular weight excluding hydrogens is 476 g/mol. The first-order chi connectivity index (χ1) is 18.4. The van der Waals surface area contributed by atoms with Gasteiger partial charge in [-0.1, -0.05) is 60.7 Å². The number of fused-ring (bicyclic) bond motifs is 4. The van der Waals surface area contributed by atoms with Crippen LogP contribution < -0.4 is 11.1 Å². The molecule has 0 aliphatic carbocycles. The van der Waals surface area contributed by atoms with Crippen LogP contribution >= 0.6 is 0 Å². The number of benzene rings is 4. The Morgan fingerprint density at radius 3 is 1.34 bits per heavy atom. The van der Waals surface area contributed by atoms with Gasteiger partial charge in [-0.25, -0.2) is 0 Å². The molecule has 0 saturated carbocycles. The Balaban J connectivity index is 1.65. The van der Waals surface area contributed by atoms with Crippen molar-refractivity contribution in [1.82, 2.24) is 8.80 Å². The van der Waals surface area contributed by atoms with Gasteiger partial charge in [0.15, 0.2) is 0 Å². The molecule has 184 valence electrons. The second-order valence-electron chi connectivity index (χ2n) is 9.78. The van der Waals surface area contributed by atoms with Crippen LogP contribution in [0.25, 0.3) is 54.8 Å². The molecule has 0 aliphatic rings. The van der Waals surface area contributed by atoms with Crippen LogP contribution in [0.15, 0.2) is 94.8 Å². The van der Waals surface area contributed by atoms with E-state index in [-0.39, 0.29) is 33.7 Å². The molecule has 0 amide bonds. The van der Waals surface area contributed by atoms with Crippen LogP contribution in [0.4, 0.5) is 0 Å². The highest BCUT2D eigenvalue weighted by atomic mass is 16.3. The van der Waals surface area contributed by atoms with E-state index in [1.165, 1.54) is 8.80 Å². The lowest BCUT2D eigenvalue weighted by Crippen LogP contribution is -2.25. The van der Waals surface area contributed by atoms with E-state index in [4.69, 9.17) is 0 Å². The Morgan fingerprint density at radius 2 is 0.921 bits per heavy atom. The largest absolute Gasteiger partial charge is 0.507 e. The van der Waals surface area contributed by atoms with Gasteiger partial charge in [0.25, 0.3) is 11.1 Å². The first-order valence-corrected chi connectivity index (χ1v) is 12.3. The van der Waals surface area contributed by atoms with Gasteiger partial charge in [0.05, 0.1) is 0 Å². The zero-order valence-corrected chi connectivity index (χ0v) is 20.7. The highest BCUT2D eigenvalue weighted by Crippen LogP contribution is 2.42. The molecule has 0 unspecified atom stereocenters. The summed E-state index contributed by atoms with van der Waals surface area (Å²) in [5.41, 5.74) is 3.17. The van der Waals surface area contributed by atoms with Crippen molar-refractivity contribution in [2.24, 2.45) is 0 Å². The molecule has 0 radical (unpaired) electrons. The van der Waals surface area contributed by atoms with E-state index in [0.29, 0.717) is 33.4 Å². The van der Waals surface area contributed by atoms with Gasteiger partial charge in [0.2, 0.25) is 0 Å². The number of aryl methyl sites for hydroxylation is 2. The van der Waals surface area contributed by atoms with Crippen LogP contribution in [-0.2, 0) is 0 Å². The van der Waals surface area contributed by atoms with Gasteiger partial charge in [-0.3, -0.25) is 18.4 Å². The number of hydrogen-bond donors (Lipinski definition) is 2. The van der Waals surface area contributed by atoms with Crippen molar-refractivity contribution < 1.29 is 10.2 Å². The van der Waals surface area contributed by atoms with Crippen molar-refractivity contribution in [3.05, 3.63) is 117 Å². The number of hydrogen-bond acceptors (Lipinski definition) is 4. The smallest absolute Gasteiger partial charge is 0.280 e. The van der Waals surface area contributed by atoms with Gasteiger partial charge >= 0.3 is 0 Å². The molecule has 0 bridgehead atoms. The predicted molar refractivity (Wildman–Crippen MR) is 151 cm³/mol. The molecule has 0 spiro atoms. The lowest BCUT2D eigenvalue weighted by molar-refractivity contribution is 0.477. The van der Waals surface area contributed by atoms with Crippen molar-refractivity contribution in [1.29, 1.82) is 0 Å². The number of phenols is 2. The minimum atomic E-state index is -0.371. The van der Waals surface area contributed by atoms with E-state index in [2.05, 4.69) is 0 Å². The highest BCUT2D eigenvalue weighted by molar-refractivity contribution is 6.06. The van der Waals surface area contributed by atoms with E-state index in [1.54, 1.807) is 24.5 Å². The Labute approximate surface area is 216 Å². The third kappa shape index (κ3) is 2.82. The first kappa shape index (κ1) is 22.1. The van der Waals surface area contributed by atoms with Crippen molar-refractivity contribution in [3.63, 3.8) is 0 Å². The first-order valence-electron chi connectivity index (χ1n) is 12.3. The van der Waals surface area contributed by atoms with E-state index >= 15 is 0 Å². The van der Waals surface area contributed by atoms with Gasteiger partial charge < -0.3 is 10.2 Å². The summed E-state index contributed by atoms with van der Waals surface area (Å²) >= 11 is 0. The lowest BCUT2D eigenvalue weighted by atomic mass is 9.95. The fraction of sp³-hybridized carbons (Fsp3) is 0.0625. The molecule has 3 heterocycles. The lowest BCUT2D eigenvalue weighted by Gasteiger charge is -2.11. The molecular formula is C32H22N2O4. The summed E-state index contributed by atoms with van der Waals surface area (Å²) < 4.78 is 2.77. The van der Waals surface area contributed by atoms with E-state index in [9.17, 15) is 19.8 Å². The van der Waals surface area contributed by atoms with Gasteiger partial charge in [-0.2, -0.15) is 0 Å². The third-order valence-electron chi connectivity index (χ3n) is 7.55. The molecule has 2 N–H and O–H groups in total. The van der Waals surface area contributed by atoms with Gasteiger partial charge in [-0.15, -0.1) is 0 Å². The van der Waals surface area contributed by atoms with Crippen LogP contribution in [0.2, 0.25) is 0 Å². The Bertz CT molecular complexity index is 2060. The number of aromatic nitrogens is 2. The maximum atomic E-state index is 14.1. The minimum Gasteiger partial charge on any atom is -0.507 e. The fourth-order valence-corrected chi connectivity index (χ4v) is 5.91. The monoisotopic (exact) mass is 498 g/mol. The molecule has 7 rings (SSSR count). The summed E-state index contributed by atoms with van der Waals surface area (Å²) in [5, 5.41) is 25.3. The normalized spacial score (nSPS) is 11.8. The quantitative estimate of drug-likeness (QED) is 0.305. The third-order valence-corrected chi connectivity index (χ3v) is 7.55. The van der Waals surface area contributed by atoms with Gasteiger partial charge in [0.1, 0.15) is 22.5 Å². The topological polar surface area (TPSA) is 83.4 Å². The molecule has 0 atom stereocenters. The Hall–Kier alpha value is -5.10. The van der Waals surface area contributed by atoms with E-state index in [0.717, 1.165) is 21.5 Å². The zero-order valence-electron chi connectivity index (χ0n) is 20.7. The summed E-state index contributed by atoms with van der Waals surface area (Å²) in [6, 6.07) is 22.2. The SMILES string of the molecule is Cc1cn2c(=O)c3c(-c4c(O)ccc5ccccc45)c(C)cn3c(=O)c2c1-c1c(O)ccc2ccccc12. The maximum Gasteiger partial charge on any atom is 0.280 e. The van der Waals surface area contributed by atoms with Crippen molar-refractivity contribution in [2.45, 2.75) is 13.8 Å². The van der Waals surface area contributed by atoms with Crippen molar-refractivity contribution in [2.75, 3.05) is 0 Å². The van der Waals surface area contributed by atoms with Gasteiger partial charge in [-0.05, 0) is 58.7 Å². The summed E-state index contributed by atoms with van der Waals surface area (Å²) in [6.45, 7) is 3.67. The van der Waals surface area contributed by atoms with Crippen molar-refractivity contribution >= 4 is 32.6 Å². The molecule has 3 aromatic heterocycles. The molecule has 0 fully saturated rings. The number of aromatic hydroxyl groups is 2. The fourth-order valence-electron chi connectivity index (χ4n) is 5.91. The Morgan fingerprint density at radius 1 is 0.526 bits per heavy atom. The van der Waals surface area contributed by atoms with E-state index in [1.807, 2.05) is 74.5 Å². The number of rotatable bonds is 2. The molecule has 6 nitrogen and oxygen atoms in total. The van der Waals surface area contributed by atoms with Crippen LogP contribution in [0, 0.1) is 13.8 Å². The Kier molecular flexibility index (Phi) is 4.48. The van der Waals surface area contributed by atoms with E-state index < -0.39 is 0 Å². The molecule has 7 aromatic rings. The predicted octanol–water partition coefficient (Wildman–Crippen LogP) is 6.02. The van der Waals surface area contributed by atoms with Crippen LogP contribution in [0.1, 0.15) is 11.1 Å². The second kappa shape index (κ2) is 7.70. The molecule has 0 saturated heterocycles. The van der Waals surface area contributed by atoms with Crippen LogP contribution in [0.3, 0.4) is 0 Å². The summed E-state index contributed by atoms with van der Waals surface area (Å²) in [7, 11) is 0. The van der Waals surface area contributed by atoms with Crippen LogP contribution in [0.5, 0.6) is 11.5 Å². The highest BCUT2D eigenvalue weighted by Gasteiger charge is 2.26. The average Bonchev–Trinajstić information content (AvgIpc) is 3.44. The summed E-state index contributed by atoms with van der Waals surface area (Å²) in [5.74, 6) is 0.0776. The molecule has 38 heavy (non-hydrogen) atoms. The zero-order chi connectivity index (χ0) is 26.3. The summed E-state index contributed by atoms with van der Waals surface area (Å²) in [6.07, 6.45) is 3.31. The molecule has 0 aliphatic heterocycles. The molecule has 6 heteroatoms. The van der Waals surface area contributed by atoms with Crippen molar-refractivity contribution in [3.8, 4) is 33.8 Å². The molecule has 4 aromatic carbocycles. The summed E-state index contributed by atoms with van der Waals surface area (Å²) in [4.78, 5) is 28.2. The number of phenolic OH excluding ortho intramolecular Hbond substituents is 2. The second-order valence-corrected chi connectivity index (χ2v) is 9.78. The standard InChI is InChI=1S/C32H22N2O4/c1-17-15-33-29(25(17)27-21-9-5-3-7-19(21)11-13-23(27)35)31(37)34-16-18(2)26(30(34)32(33)38)28-22-10-6-4-8-20(22)12-14-24(28)36/h3-16,35-36H,1-2H3. The van der Waals surface area contributed by atoms with Crippen LogP contribution in [-0.4, -0.2) is 19.0 Å². The van der Waals surface area contributed by atoms with Gasteiger partial charge in [0, 0.05) is 34.6 Å².